The molecule has 1 unspecified atom stereocenters. The molecule has 1 aliphatic rings. The van der Waals surface area contributed by atoms with Crippen molar-refractivity contribution in [3.8, 4) is 11.1 Å². The van der Waals surface area contributed by atoms with Crippen LogP contribution in [0.4, 0.5) is 0 Å². The van der Waals surface area contributed by atoms with E-state index in [9.17, 15) is 9.59 Å². The number of amides is 2. The molecular weight excluding hydrogens is 508 g/mol. The number of nitrogens with two attached hydrogens (primary N) is 1. The molecule has 1 aliphatic heterocycles. The number of unbranched alkanes of at least 4 members (excludes halogenated alkanes) is 1. The molecule has 1 saturated heterocycles. The van der Waals surface area contributed by atoms with Crippen molar-refractivity contribution in [1.29, 1.82) is 0 Å². The standard InChI is InChI=1S/C31H31N3O2.C4H11N/c35-30(19-23-13-15-25(16-14-23)24-7-2-1-3-8-24)33-20-28-17-18-34(31(36)21-32-28)22-27-11-6-10-26-9-4-5-12-29(26)27;1-2-3-4-5/h1-16,28,32H,17-22H2,(H,33,35);2-5H2,1H3. The van der Waals surface area contributed by atoms with Crippen molar-refractivity contribution in [2.75, 3.05) is 26.2 Å². The second-order valence-corrected chi connectivity index (χ2v) is 10.5. The average molecular weight is 551 g/mol. The SMILES string of the molecule is CCCCN.O=C(Cc1ccc(-c2ccccc2)cc1)NCC1CCN(Cc2cccc3ccccc23)C(=O)CN1. The Morgan fingerprint density at radius 3 is 2.37 bits per heavy atom. The van der Waals surface area contributed by atoms with Gasteiger partial charge < -0.3 is 21.3 Å². The Bertz CT molecular complexity index is 1380. The van der Waals surface area contributed by atoms with Crippen LogP contribution < -0.4 is 16.4 Å². The lowest BCUT2D eigenvalue weighted by atomic mass is 10.0. The Morgan fingerprint density at radius 2 is 1.63 bits per heavy atom. The molecule has 6 heteroatoms. The molecule has 1 heterocycles. The number of carbonyl (C=O) groups is 2. The number of fused-ring (bicyclic) bond motifs is 1. The summed E-state index contributed by atoms with van der Waals surface area (Å²) < 4.78 is 0. The molecule has 214 valence electrons. The summed E-state index contributed by atoms with van der Waals surface area (Å²) in [5, 5.41) is 8.74. The first-order valence-corrected chi connectivity index (χ1v) is 14.7. The van der Waals surface area contributed by atoms with Gasteiger partial charge in [0.1, 0.15) is 0 Å². The molecule has 0 spiro atoms. The van der Waals surface area contributed by atoms with Gasteiger partial charge in [-0.2, -0.15) is 0 Å². The maximum Gasteiger partial charge on any atom is 0.236 e. The van der Waals surface area contributed by atoms with E-state index >= 15 is 0 Å². The molecule has 4 N–H and O–H groups in total. The zero-order valence-corrected chi connectivity index (χ0v) is 24.0. The minimum atomic E-state index is -0.00699. The van der Waals surface area contributed by atoms with Gasteiger partial charge in [0.25, 0.3) is 0 Å². The van der Waals surface area contributed by atoms with Crippen molar-refractivity contribution in [2.24, 2.45) is 5.73 Å². The topological polar surface area (TPSA) is 87.5 Å². The van der Waals surface area contributed by atoms with Crippen LogP contribution in [0, 0.1) is 0 Å². The summed E-state index contributed by atoms with van der Waals surface area (Å²) in [6.45, 7) is 5.03. The van der Waals surface area contributed by atoms with Crippen molar-refractivity contribution < 1.29 is 9.59 Å². The zero-order chi connectivity index (χ0) is 28.9. The third-order valence-corrected chi connectivity index (χ3v) is 7.41. The summed E-state index contributed by atoms with van der Waals surface area (Å²) in [7, 11) is 0. The summed E-state index contributed by atoms with van der Waals surface area (Å²) in [6, 6.07) is 32.9. The van der Waals surface area contributed by atoms with E-state index in [4.69, 9.17) is 5.73 Å². The lowest BCUT2D eigenvalue weighted by Gasteiger charge is -2.21. The Hall–Kier alpha value is -4.00. The molecule has 4 aromatic carbocycles. The monoisotopic (exact) mass is 550 g/mol. The largest absolute Gasteiger partial charge is 0.354 e. The molecule has 4 aromatic rings. The normalized spacial score (nSPS) is 15.1. The van der Waals surface area contributed by atoms with E-state index in [-0.39, 0.29) is 24.4 Å². The summed E-state index contributed by atoms with van der Waals surface area (Å²) in [5.41, 5.74) is 9.58. The highest BCUT2D eigenvalue weighted by molar-refractivity contribution is 5.86. The fraction of sp³-hybridized carbons (Fsp3) is 0.314. The lowest BCUT2D eigenvalue weighted by molar-refractivity contribution is -0.130. The quantitative estimate of drug-likeness (QED) is 0.264. The molecular formula is C35H42N4O2. The molecule has 6 nitrogen and oxygen atoms in total. The van der Waals surface area contributed by atoms with Crippen LogP contribution in [-0.4, -0.2) is 48.9 Å². The highest BCUT2D eigenvalue weighted by Crippen LogP contribution is 2.21. The van der Waals surface area contributed by atoms with Gasteiger partial charge in [-0.3, -0.25) is 9.59 Å². The first-order valence-electron chi connectivity index (χ1n) is 14.7. The van der Waals surface area contributed by atoms with Crippen LogP contribution in [0.2, 0.25) is 0 Å². The van der Waals surface area contributed by atoms with Crippen molar-refractivity contribution in [3.63, 3.8) is 0 Å². The molecule has 1 fully saturated rings. The second-order valence-electron chi connectivity index (χ2n) is 10.5. The van der Waals surface area contributed by atoms with Crippen LogP contribution in [0.15, 0.2) is 97.1 Å². The number of rotatable bonds is 9. The van der Waals surface area contributed by atoms with Crippen molar-refractivity contribution in [2.45, 2.75) is 45.2 Å². The predicted octanol–water partition coefficient (Wildman–Crippen LogP) is 5.30. The van der Waals surface area contributed by atoms with Gasteiger partial charge in [0.15, 0.2) is 0 Å². The minimum absolute atomic E-state index is 0.00699. The van der Waals surface area contributed by atoms with Gasteiger partial charge in [-0.1, -0.05) is 110 Å². The van der Waals surface area contributed by atoms with Gasteiger partial charge in [-0.05, 0) is 52.4 Å². The van der Waals surface area contributed by atoms with Gasteiger partial charge in [-0.25, -0.2) is 0 Å². The number of nitrogens with one attached hydrogen (secondary N) is 2. The first kappa shape index (κ1) is 30.0. The smallest absolute Gasteiger partial charge is 0.236 e. The number of hydrogen-bond donors (Lipinski definition) is 3. The van der Waals surface area contributed by atoms with E-state index < -0.39 is 0 Å². The summed E-state index contributed by atoms with van der Waals surface area (Å²) in [5.74, 6) is 0.0858. The van der Waals surface area contributed by atoms with Crippen molar-refractivity contribution in [3.05, 3.63) is 108 Å². The van der Waals surface area contributed by atoms with Gasteiger partial charge in [0, 0.05) is 25.7 Å². The zero-order valence-electron chi connectivity index (χ0n) is 24.0. The molecule has 1 atom stereocenters. The van der Waals surface area contributed by atoms with E-state index in [0.717, 1.165) is 35.2 Å². The molecule has 41 heavy (non-hydrogen) atoms. The molecule has 2 amide bonds. The number of nitrogens with zero attached hydrogens (tertiary/aromatic N) is 1. The molecule has 0 bridgehead atoms. The highest BCUT2D eigenvalue weighted by Gasteiger charge is 2.23. The fourth-order valence-corrected chi connectivity index (χ4v) is 4.99. The van der Waals surface area contributed by atoms with E-state index in [1.165, 1.54) is 23.6 Å². The first-order chi connectivity index (χ1) is 20.1. The van der Waals surface area contributed by atoms with E-state index in [0.29, 0.717) is 26.1 Å². The van der Waals surface area contributed by atoms with Gasteiger partial charge in [0.05, 0.1) is 13.0 Å². The molecule has 0 aromatic heterocycles. The highest BCUT2D eigenvalue weighted by atomic mass is 16.2. The fourth-order valence-electron chi connectivity index (χ4n) is 4.99. The van der Waals surface area contributed by atoms with Gasteiger partial charge in [0.2, 0.25) is 11.8 Å². The summed E-state index contributed by atoms with van der Waals surface area (Å²) >= 11 is 0. The van der Waals surface area contributed by atoms with Crippen molar-refractivity contribution >= 4 is 22.6 Å². The predicted molar refractivity (Wildman–Crippen MR) is 168 cm³/mol. The van der Waals surface area contributed by atoms with Crippen molar-refractivity contribution in [1.82, 2.24) is 15.5 Å². The van der Waals surface area contributed by atoms with Crippen LogP contribution in [-0.2, 0) is 22.6 Å². The van der Waals surface area contributed by atoms with Crippen LogP contribution in [0.25, 0.3) is 21.9 Å². The number of hydrogen-bond acceptors (Lipinski definition) is 4. The van der Waals surface area contributed by atoms with E-state index in [2.05, 4.69) is 66.1 Å². The Balaban J connectivity index is 0.000000714. The van der Waals surface area contributed by atoms with Crippen LogP contribution in [0.3, 0.4) is 0 Å². The molecule has 0 aliphatic carbocycles. The Labute approximate surface area is 243 Å². The third-order valence-electron chi connectivity index (χ3n) is 7.41. The molecule has 0 radical (unpaired) electrons. The minimum Gasteiger partial charge on any atom is -0.354 e. The van der Waals surface area contributed by atoms with Crippen LogP contribution >= 0.6 is 0 Å². The Kier molecular flexibility index (Phi) is 11.5. The maximum atomic E-state index is 12.8. The molecule has 5 rings (SSSR count). The van der Waals surface area contributed by atoms with Gasteiger partial charge >= 0.3 is 0 Å². The molecule has 0 saturated carbocycles. The second kappa shape index (κ2) is 15.7. The Morgan fingerprint density at radius 1 is 0.927 bits per heavy atom. The van der Waals surface area contributed by atoms with E-state index in [1.54, 1.807) is 0 Å². The van der Waals surface area contributed by atoms with E-state index in [1.807, 2.05) is 53.4 Å². The lowest BCUT2D eigenvalue weighted by Crippen LogP contribution is -2.42. The van der Waals surface area contributed by atoms with Crippen LogP contribution in [0.1, 0.15) is 37.3 Å². The number of carbonyl (C=O) groups excluding carboxylic acids is 2. The summed E-state index contributed by atoms with van der Waals surface area (Å²) in [6.07, 6.45) is 3.52. The average Bonchev–Trinajstić information content (AvgIpc) is 3.18. The number of benzene rings is 4. The third kappa shape index (κ3) is 9.00. The summed E-state index contributed by atoms with van der Waals surface area (Å²) in [4.78, 5) is 27.3. The maximum absolute atomic E-state index is 12.8. The van der Waals surface area contributed by atoms with Gasteiger partial charge in [-0.15, -0.1) is 0 Å². The van der Waals surface area contributed by atoms with Crippen LogP contribution in [0.5, 0.6) is 0 Å².